The van der Waals surface area contributed by atoms with E-state index in [9.17, 15) is 40.1 Å². The molecular formula is C39H47N5O12. The largest absolute Gasteiger partial charge is 0.508 e. The second-order valence-electron chi connectivity index (χ2n) is 14.1. The minimum Gasteiger partial charge on any atom is -0.508 e. The number of aromatic hydroxyl groups is 1. The number of phenols is 1. The Balaban J connectivity index is 1.54. The highest BCUT2D eigenvalue weighted by Gasteiger charge is 2.64. The van der Waals surface area contributed by atoms with Crippen molar-refractivity contribution in [2.75, 3.05) is 26.4 Å². The van der Waals surface area contributed by atoms with Crippen LogP contribution < -0.4 is 4.74 Å². The number of phenolic OH excluding ortho intramolecular Hbond substituents is 1. The summed E-state index contributed by atoms with van der Waals surface area (Å²) in [5, 5.41) is 67.5. The zero-order valence-electron chi connectivity index (χ0n) is 31.3. The Morgan fingerprint density at radius 3 is 2.39 bits per heavy atom. The Kier molecular flexibility index (Phi) is 12.7. The molecule has 1 aromatic heterocycles. The molecule has 2 heterocycles. The van der Waals surface area contributed by atoms with Crippen LogP contribution in [0.3, 0.4) is 0 Å². The maximum absolute atomic E-state index is 13.6. The summed E-state index contributed by atoms with van der Waals surface area (Å²) in [6.07, 6.45) is 5.75. The average molecular weight is 778 g/mol. The summed E-state index contributed by atoms with van der Waals surface area (Å²) < 4.78 is 18.3. The lowest BCUT2D eigenvalue weighted by molar-refractivity contribution is -0.384. The second kappa shape index (κ2) is 17.6. The highest BCUT2D eigenvalue weighted by molar-refractivity contribution is 6.03. The zero-order valence-corrected chi connectivity index (χ0v) is 31.3. The number of unbranched alkanes of at least 4 members (excludes halogenated alkanes) is 2. The summed E-state index contributed by atoms with van der Waals surface area (Å²) >= 11 is 0. The van der Waals surface area contributed by atoms with Gasteiger partial charge in [0.1, 0.15) is 24.1 Å². The molecule has 0 spiro atoms. The molecule has 17 heteroatoms. The molecule has 0 amide bonds. The number of hydrogen-bond acceptors (Lipinski definition) is 15. The van der Waals surface area contributed by atoms with Gasteiger partial charge < -0.3 is 39.5 Å². The number of non-ortho nitro benzene ring substituents is 1. The Morgan fingerprint density at radius 2 is 1.71 bits per heavy atom. The van der Waals surface area contributed by atoms with Gasteiger partial charge in [-0.15, -0.1) is 5.10 Å². The van der Waals surface area contributed by atoms with Crippen molar-refractivity contribution in [2.24, 2.45) is 22.9 Å². The fourth-order valence-electron chi connectivity index (χ4n) is 8.35. The fourth-order valence-corrected chi connectivity index (χ4v) is 8.35. The third-order valence-corrected chi connectivity index (χ3v) is 10.7. The van der Waals surface area contributed by atoms with Crippen LogP contribution in [0, 0.1) is 27.9 Å². The minimum absolute atomic E-state index is 0.00176. The van der Waals surface area contributed by atoms with Crippen molar-refractivity contribution in [3.8, 4) is 11.5 Å². The van der Waals surface area contributed by atoms with E-state index in [-0.39, 0.29) is 68.4 Å². The number of aliphatic hydroxyl groups excluding tert-OH is 2. The van der Waals surface area contributed by atoms with Crippen LogP contribution in [0.2, 0.25) is 0 Å². The Hall–Kier alpha value is -5.39. The summed E-state index contributed by atoms with van der Waals surface area (Å²) in [5.41, 5.74) is 1.41. The number of carbonyl (C=O) groups excluding carboxylic acids is 2. The number of carbonyl (C=O) groups is 2. The molecule has 17 nitrogen and oxygen atoms in total. The van der Waals surface area contributed by atoms with Gasteiger partial charge in [-0.1, -0.05) is 29.3 Å². The van der Waals surface area contributed by atoms with E-state index in [1.165, 1.54) is 18.2 Å². The molecule has 3 aromatic rings. The molecule has 2 aliphatic carbocycles. The molecule has 56 heavy (non-hydrogen) atoms. The third-order valence-electron chi connectivity index (χ3n) is 10.7. The molecule has 1 aliphatic heterocycles. The van der Waals surface area contributed by atoms with Gasteiger partial charge in [0, 0.05) is 43.2 Å². The first-order valence-electron chi connectivity index (χ1n) is 19.0. The third kappa shape index (κ3) is 7.97. The average Bonchev–Trinajstić information content (AvgIpc) is 3.62. The smallest absolute Gasteiger partial charge is 0.361 e. The maximum Gasteiger partial charge on any atom is 0.361 e. The lowest BCUT2D eigenvalue weighted by Crippen LogP contribution is -2.62. The summed E-state index contributed by atoms with van der Waals surface area (Å²) in [5.74, 6) is -5.34. The quantitative estimate of drug-likeness (QED) is 0.0627. The monoisotopic (exact) mass is 777 g/mol. The van der Waals surface area contributed by atoms with Gasteiger partial charge in [0.2, 0.25) is 11.5 Å². The molecule has 0 radical (unpaired) electrons. The minimum atomic E-state index is -2.15. The molecule has 1 fully saturated rings. The predicted molar refractivity (Wildman–Crippen MR) is 198 cm³/mol. The molecule has 0 bridgehead atoms. The summed E-state index contributed by atoms with van der Waals surface area (Å²) in [6.45, 7) is 3.12. The van der Waals surface area contributed by atoms with E-state index in [1.54, 1.807) is 38.1 Å². The molecular weight excluding hydrogens is 730 g/mol. The number of aromatic nitrogens is 3. The molecule has 0 unspecified atom stereocenters. The van der Waals surface area contributed by atoms with Gasteiger partial charge in [-0.3, -0.25) is 10.1 Å². The molecule has 4 N–H and O–H groups in total. The lowest BCUT2D eigenvalue weighted by Gasteiger charge is -2.56. The SMILES string of the molecule is CCOC(=O)c1nnn([C@H]2CC(=NOCc3ccc([N+](=O)[O-])cc3)C3=C[C@H](CCCCO)[C@@H](CCCCO)[C@@H]4c5cc(O)ccc5O[C@@]2(O)[C@H]34)c1C(=O)OCC. The van der Waals surface area contributed by atoms with Gasteiger partial charge in [0.25, 0.3) is 5.69 Å². The van der Waals surface area contributed by atoms with Crippen molar-refractivity contribution in [1.82, 2.24) is 15.0 Å². The predicted octanol–water partition coefficient (Wildman–Crippen LogP) is 4.74. The van der Waals surface area contributed by atoms with Crippen molar-refractivity contribution in [1.29, 1.82) is 0 Å². The molecule has 300 valence electrons. The van der Waals surface area contributed by atoms with Crippen LogP contribution >= 0.6 is 0 Å². The number of ether oxygens (including phenoxy) is 3. The van der Waals surface area contributed by atoms with Gasteiger partial charge in [-0.25, -0.2) is 14.3 Å². The maximum atomic E-state index is 13.6. The van der Waals surface area contributed by atoms with Crippen molar-refractivity contribution >= 4 is 23.3 Å². The number of nitro groups is 1. The number of hydrogen-bond donors (Lipinski definition) is 4. The van der Waals surface area contributed by atoms with E-state index in [0.29, 0.717) is 66.7 Å². The van der Waals surface area contributed by atoms with Crippen LogP contribution in [0.5, 0.6) is 11.5 Å². The van der Waals surface area contributed by atoms with Gasteiger partial charge in [0.15, 0.2) is 5.69 Å². The number of oxime groups is 1. The van der Waals surface area contributed by atoms with E-state index < -0.39 is 46.2 Å². The van der Waals surface area contributed by atoms with Crippen LogP contribution in [-0.2, 0) is 20.9 Å². The molecule has 1 saturated carbocycles. The highest BCUT2D eigenvalue weighted by Crippen LogP contribution is 2.62. The zero-order chi connectivity index (χ0) is 40.0. The lowest BCUT2D eigenvalue weighted by atomic mass is 9.55. The Bertz CT molecular complexity index is 1960. The number of fused-ring (bicyclic) bond motifs is 2. The Morgan fingerprint density at radius 1 is 1.02 bits per heavy atom. The highest BCUT2D eigenvalue weighted by atomic mass is 16.6. The summed E-state index contributed by atoms with van der Waals surface area (Å²) in [4.78, 5) is 43.3. The van der Waals surface area contributed by atoms with E-state index in [4.69, 9.17) is 19.0 Å². The van der Waals surface area contributed by atoms with E-state index in [1.807, 2.05) is 0 Å². The van der Waals surface area contributed by atoms with E-state index in [2.05, 4.69) is 21.5 Å². The number of rotatable bonds is 17. The fraction of sp³-hybridized carbons (Fsp3) is 0.513. The summed E-state index contributed by atoms with van der Waals surface area (Å²) in [7, 11) is 0. The first kappa shape index (κ1) is 40.3. The second-order valence-corrected chi connectivity index (χ2v) is 14.1. The molecule has 0 saturated heterocycles. The normalized spacial score (nSPS) is 24.3. The first-order chi connectivity index (χ1) is 27.1. The van der Waals surface area contributed by atoms with Crippen LogP contribution in [0.15, 0.2) is 59.3 Å². The number of nitro benzene ring substituents is 1. The summed E-state index contributed by atoms with van der Waals surface area (Å²) in [6, 6.07) is 9.23. The van der Waals surface area contributed by atoms with Gasteiger partial charge >= 0.3 is 11.9 Å². The van der Waals surface area contributed by atoms with Crippen LogP contribution in [-0.4, -0.2) is 90.2 Å². The number of aliphatic hydroxyl groups is 3. The van der Waals surface area contributed by atoms with E-state index in [0.717, 1.165) is 4.68 Å². The molecule has 6 atom stereocenters. The molecule has 2 aromatic carbocycles. The number of allylic oxidation sites excluding steroid dienone is 1. The standard InChI is InChI=1S/C39H47N5O12/c1-3-53-37(48)35-36(38(49)54-4-2)43(42-40-35)32-21-30(41-55-22-23-11-13-25(14-12-23)44(51)52)28-19-24(9-5-7-17-45)27(10-6-8-18-46)33-29-20-26(47)15-16-31(29)56-39(32,50)34(28)33/h11-16,19-20,24,27,32-34,45-47,50H,3-10,17-18,21-22H2,1-2H3/t24-,27+,32-,33+,34+,39+/m0/s1. The van der Waals surface area contributed by atoms with Gasteiger partial charge in [-0.2, -0.15) is 0 Å². The Labute approximate surface area is 322 Å². The van der Waals surface area contributed by atoms with Crippen LogP contribution in [0.4, 0.5) is 5.69 Å². The first-order valence-corrected chi connectivity index (χ1v) is 19.0. The van der Waals surface area contributed by atoms with Crippen molar-refractivity contribution in [3.05, 3.63) is 86.7 Å². The number of nitrogens with zero attached hydrogens (tertiary/aromatic N) is 5. The van der Waals surface area contributed by atoms with Crippen molar-refractivity contribution in [3.63, 3.8) is 0 Å². The number of benzene rings is 2. The van der Waals surface area contributed by atoms with Crippen LogP contribution in [0.1, 0.15) is 103 Å². The van der Waals surface area contributed by atoms with E-state index >= 15 is 0 Å². The van der Waals surface area contributed by atoms with Crippen molar-refractivity contribution in [2.45, 2.75) is 83.1 Å². The topological polar surface area (TPSA) is 238 Å². The van der Waals surface area contributed by atoms with Gasteiger partial charge in [0.05, 0.1) is 29.8 Å². The van der Waals surface area contributed by atoms with Gasteiger partial charge in [-0.05, 0) is 92.8 Å². The van der Waals surface area contributed by atoms with Crippen molar-refractivity contribution < 1.29 is 54.0 Å². The van der Waals surface area contributed by atoms with Crippen LogP contribution in [0.25, 0.3) is 0 Å². The molecule has 6 rings (SSSR count). The molecule has 3 aliphatic rings. The number of esters is 2.